The quantitative estimate of drug-likeness (QED) is 0.257. The maximum Gasteiger partial charge on any atom is 0.330 e. The van der Waals surface area contributed by atoms with Crippen LogP contribution in [0.25, 0.3) is 17.2 Å². The van der Waals surface area contributed by atoms with Crippen molar-refractivity contribution in [3.63, 3.8) is 0 Å². The molecule has 0 saturated heterocycles. The van der Waals surface area contributed by atoms with Gasteiger partial charge in [0.05, 0.1) is 13.7 Å². The number of ether oxygens (including phenoxy) is 1. The first kappa shape index (κ1) is 26.2. The van der Waals surface area contributed by atoms with Crippen LogP contribution in [0.2, 0.25) is 0 Å². The van der Waals surface area contributed by atoms with Crippen LogP contribution >= 0.6 is 0 Å². The molecule has 0 N–H and O–H groups in total. The molecular weight excluding hydrogens is 460 g/mol. The van der Waals surface area contributed by atoms with E-state index in [0.717, 1.165) is 53.6 Å². The Kier molecular flexibility index (Phi) is 8.78. The zero-order valence-electron chi connectivity index (χ0n) is 22.0. The van der Waals surface area contributed by atoms with Crippen LogP contribution in [0.15, 0.2) is 78.9 Å². The third-order valence-corrected chi connectivity index (χ3v) is 7.03. The second-order valence-corrected chi connectivity index (χ2v) is 9.85. The van der Waals surface area contributed by atoms with Crippen molar-refractivity contribution in [2.45, 2.75) is 38.6 Å². The average molecular weight is 497 g/mol. The summed E-state index contributed by atoms with van der Waals surface area (Å²) in [5.41, 5.74) is 6.24. The van der Waals surface area contributed by atoms with Crippen LogP contribution in [0.4, 0.5) is 11.4 Å². The van der Waals surface area contributed by atoms with Crippen LogP contribution in [0.3, 0.4) is 0 Å². The first-order chi connectivity index (χ1) is 17.9. The van der Waals surface area contributed by atoms with E-state index in [2.05, 4.69) is 53.4 Å². The molecule has 5 heteroatoms. The summed E-state index contributed by atoms with van der Waals surface area (Å²) in [6.45, 7) is 0.499. The minimum absolute atomic E-state index is 0.0532. The number of esters is 1. The normalized spacial score (nSPS) is 13.9. The summed E-state index contributed by atoms with van der Waals surface area (Å²) in [5.74, 6) is -0.174. The van der Waals surface area contributed by atoms with E-state index in [1.165, 1.54) is 25.3 Å². The Hall–Kier alpha value is -3.86. The van der Waals surface area contributed by atoms with Crippen molar-refractivity contribution in [1.29, 1.82) is 0 Å². The SMILES string of the molecule is COC(=O)/C=C\c1cccc(N(Cc2ccc(-c3ccc(N(C)C)cc3)cc2)C(=O)C2CCCCC2)c1. The van der Waals surface area contributed by atoms with Crippen molar-refractivity contribution in [3.8, 4) is 11.1 Å². The van der Waals surface area contributed by atoms with Crippen LogP contribution < -0.4 is 9.80 Å². The standard InChI is InChI=1S/C32H36N2O3/c1-33(2)29-19-17-27(18-20-29)26-15-12-25(13-16-26)23-34(32(36)28-9-5-4-6-10-28)30-11-7-8-24(22-30)14-21-31(35)37-3/h7-8,11-22,28H,4-6,9-10,23H2,1-3H3/b21-14-. The summed E-state index contributed by atoms with van der Waals surface area (Å²) in [6.07, 6.45) is 8.42. The van der Waals surface area contributed by atoms with Crippen molar-refractivity contribution < 1.29 is 14.3 Å². The van der Waals surface area contributed by atoms with Crippen molar-refractivity contribution in [2.75, 3.05) is 31.0 Å². The van der Waals surface area contributed by atoms with Gasteiger partial charge in [-0.25, -0.2) is 4.79 Å². The van der Waals surface area contributed by atoms with Gasteiger partial charge in [-0.2, -0.15) is 0 Å². The molecule has 0 bridgehead atoms. The van der Waals surface area contributed by atoms with Gasteiger partial charge >= 0.3 is 5.97 Å². The van der Waals surface area contributed by atoms with Crippen molar-refractivity contribution >= 4 is 29.3 Å². The number of hydrogen-bond acceptors (Lipinski definition) is 4. The predicted octanol–water partition coefficient (Wildman–Crippen LogP) is 6.72. The maximum atomic E-state index is 13.7. The molecule has 3 aromatic carbocycles. The lowest BCUT2D eigenvalue weighted by Gasteiger charge is -2.30. The van der Waals surface area contributed by atoms with Crippen LogP contribution in [0, 0.1) is 5.92 Å². The van der Waals surface area contributed by atoms with E-state index in [1.54, 1.807) is 6.08 Å². The lowest BCUT2D eigenvalue weighted by Crippen LogP contribution is -2.36. The largest absolute Gasteiger partial charge is 0.466 e. The van der Waals surface area contributed by atoms with Crippen LogP contribution in [0.1, 0.15) is 43.2 Å². The highest BCUT2D eigenvalue weighted by Crippen LogP contribution is 2.30. The highest BCUT2D eigenvalue weighted by Gasteiger charge is 2.27. The number of carbonyl (C=O) groups is 2. The molecule has 1 saturated carbocycles. The molecule has 1 amide bonds. The molecular formula is C32H36N2O3. The Balaban J connectivity index is 1.58. The lowest BCUT2D eigenvalue weighted by atomic mass is 9.88. The first-order valence-electron chi connectivity index (χ1n) is 13.0. The number of carbonyl (C=O) groups excluding carboxylic acids is 2. The fraction of sp³-hybridized carbons (Fsp3) is 0.312. The molecule has 0 heterocycles. The van der Waals surface area contributed by atoms with E-state index in [4.69, 9.17) is 4.74 Å². The van der Waals surface area contributed by atoms with E-state index in [1.807, 2.05) is 43.3 Å². The van der Waals surface area contributed by atoms with Crippen LogP contribution in [-0.4, -0.2) is 33.1 Å². The van der Waals surface area contributed by atoms with Crippen LogP contribution in [-0.2, 0) is 20.9 Å². The number of anilines is 2. The number of nitrogens with zero attached hydrogens (tertiary/aromatic N) is 2. The van der Waals surface area contributed by atoms with Gasteiger partial charge in [-0.15, -0.1) is 0 Å². The van der Waals surface area contributed by atoms with Gasteiger partial charge in [0.1, 0.15) is 0 Å². The van der Waals surface area contributed by atoms with Gasteiger partial charge in [0.15, 0.2) is 0 Å². The summed E-state index contributed by atoms with van der Waals surface area (Å²) in [5, 5.41) is 0. The molecule has 0 unspecified atom stereocenters. The second-order valence-electron chi connectivity index (χ2n) is 9.85. The highest BCUT2D eigenvalue weighted by molar-refractivity contribution is 5.95. The van der Waals surface area contributed by atoms with E-state index in [9.17, 15) is 9.59 Å². The summed E-state index contributed by atoms with van der Waals surface area (Å²) < 4.78 is 4.71. The topological polar surface area (TPSA) is 49.9 Å². The van der Waals surface area contributed by atoms with E-state index < -0.39 is 5.97 Å². The van der Waals surface area contributed by atoms with E-state index in [-0.39, 0.29) is 11.8 Å². The summed E-state index contributed by atoms with van der Waals surface area (Å²) in [7, 11) is 5.43. The van der Waals surface area contributed by atoms with Crippen molar-refractivity contribution in [2.24, 2.45) is 5.92 Å². The minimum atomic E-state index is -0.406. The molecule has 5 nitrogen and oxygen atoms in total. The van der Waals surface area contributed by atoms with Crippen LogP contribution in [0.5, 0.6) is 0 Å². The molecule has 0 atom stereocenters. The highest BCUT2D eigenvalue weighted by atomic mass is 16.5. The number of benzene rings is 3. The summed E-state index contributed by atoms with van der Waals surface area (Å²) >= 11 is 0. The Morgan fingerprint density at radius 2 is 1.51 bits per heavy atom. The third kappa shape index (κ3) is 6.88. The predicted molar refractivity (Wildman–Crippen MR) is 151 cm³/mol. The fourth-order valence-electron chi connectivity index (χ4n) is 4.83. The molecule has 4 rings (SSSR count). The molecule has 37 heavy (non-hydrogen) atoms. The third-order valence-electron chi connectivity index (χ3n) is 7.03. The van der Waals surface area contributed by atoms with Gasteiger partial charge in [0.25, 0.3) is 0 Å². The number of rotatable bonds is 8. The van der Waals surface area contributed by atoms with Crippen molar-refractivity contribution in [1.82, 2.24) is 0 Å². The van der Waals surface area contributed by atoms with Gasteiger partial charge in [0, 0.05) is 37.5 Å². The molecule has 1 aliphatic carbocycles. The molecule has 0 spiro atoms. The monoisotopic (exact) mass is 496 g/mol. The Bertz CT molecular complexity index is 1220. The fourth-order valence-corrected chi connectivity index (χ4v) is 4.83. The zero-order valence-corrected chi connectivity index (χ0v) is 22.0. The Morgan fingerprint density at radius 3 is 2.14 bits per heavy atom. The number of amides is 1. The minimum Gasteiger partial charge on any atom is -0.466 e. The van der Waals surface area contributed by atoms with Gasteiger partial charge in [0.2, 0.25) is 5.91 Å². The smallest absolute Gasteiger partial charge is 0.330 e. The molecule has 192 valence electrons. The summed E-state index contributed by atoms with van der Waals surface area (Å²) in [4.78, 5) is 29.3. The van der Waals surface area contributed by atoms with E-state index >= 15 is 0 Å². The molecule has 1 fully saturated rings. The molecule has 0 aliphatic heterocycles. The Labute approximate surface area is 220 Å². The van der Waals surface area contributed by atoms with Gasteiger partial charge in [-0.3, -0.25) is 4.79 Å². The molecule has 0 aromatic heterocycles. The maximum absolute atomic E-state index is 13.7. The average Bonchev–Trinajstić information content (AvgIpc) is 2.95. The van der Waals surface area contributed by atoms with Gasteiger partial charge in [-0.05, 0) is 65.4 Å². The number of methoxy groups -OCH3 is 1. The first-order valence-corrected chi connectivity index (χ1v) is 13.0. The number of hydrogen-bond donors (Lipinski definition) is 0. The molecule has 1 aliphatic rings. The summed E-state index contributed by atoms with van der Waals surface area (Å²) in [6, 6.07) is 24.7. The van der Waals surface area contributed by atoms with Crippen molar-refractivity contribution in [3.05, 3.63) is 90.0 Å². The lowest BCUT2D eigenvalue weighted by molar-refractivity contribution is -0.134. The van der Waals surface area contributed by atoms with Gasteiger partial charge in [-0.1, -0.05) is 67.8 Å². The Morgan fingerprint density at radius 1 is 0.865 bits per heavy atom. The second kappa shape index (κ2) is 12.4. The van der Waals surface area contributed by atoms with E-state index in [0.29, 0.717) is 6.54 Å². The van der Waals surface area contributed by atoms with Gasteiger partial charge < -0.3 is 14.5 Å². The zero-order chi connectivity index (χ0) is 26.2. The molecule has 0 radical (unpaired) electrons. The molecule has 3 aromatic rings.